The van der Waals surface area contributed by atoms with Crippen LogP contribution in [0.1, 0.15) is 95.3 Å². The summed E-state index contributed by atoms with van der Waals surface area (Å²) in [5.41, 5.74) is 5.99. The summed E-state index contributed by atoms with van der Waals surface area (Å²) in [6.45, 7) is 6.29. The molecule has 0 bridgehead atoms. The first-order chi connectivity index (χ1) is 28.2. The van der Waals surface area contributed by atoms with Crippen molar-refractivity contribution in [2.75, 3.05) is 29.9 Å². The summed E-state index contributed by atoms with van der Waals surface area (Å²) in [6, 6.07) is 17.9. The Labute approximate surface area is 335 Å². The van der Waals surface area contributed by atoms with Gasteiger partial charge in [-0.05, 0) is 112 Å². The zero-order valence-electron chi connectivity index (χ0n) is 32.5. The van der Waals surface area contributed by atoms with Crippen LogP contribution in [0.5, 0.6) is 0 Å². The summed E-state index contributed by atoms with van der Waals surface area (Å²) in [4.78, 5) is 74.5. The van der Waals surface area contributed by atoms with Crippen LogP contribution in [0.15, 0.2) is 77.5 Å². The smallest absolute Gasteiger partial charge is 0.264 e. The van der Waals surface area contributed by atoms with E-state index in [0.717, 1.165) is 79.1 Å². The van der Waals surface area contributed by atoms with Crippen LogP contribution in [0.2, 0.25) is 0 Å². The number of benzene rings is 3. The minimum absolute atomic E-state index is 0.0892. The largest absolute Gasteiger partial charge is 0.439 e. The number of carbonyl (C=O) groups excluding carboxylic acids is 5. The van der Waals surface area contributed by atoms with Gasteiger partial charge in [-0.1, -0.05) is 18.2 Å². The zero-order valence-corrected chi connectivity index (χ0v) is 32.5. The number of aryl methyl sites for hydroxylation is 1. The molecule has 14 heteroatoms. The Morgan fingerprint density at radius 2 is 1.76 bits per heavy atom. The number of hydrogen-bond donors (Lipinski definition) is 2. The van der Waals surface area contributed by atoms with E-state index in [0.29, 0.717) is 52.4 Å². The number of likely N-dealkylation sites (tertiary alicyclic amines) is 1. The van der Waals surface area contributed by atoms with E-state index in [1.165, 1.54) is 12.8 Å². The molecule has 58 heavy (non-hydrogen) atoms. The fraction of sp³-hybridized carbons (Fsp3) is 0.386. The van der Waals surface area contributed by atoms with Crippen LogP contribution in [-0.2, 0) is 22.7 Å². The molecule has 0 radical (unpaired) electrons. The van der Waals surface area contributed by atoms with Gasteiger partial charge in [-0.25, -0.2) is 4.98 Å². The van der Waals surface area contributed by atoms with Crippen LogP contribution >= 0.6 is 0 Å². The Morgan fingerprint density at radius 3 is 2.53 bits per heavy atom. The average Bonchev–Trinajstić information content (AvgIpc) is 4.02. The molecule has 3 saturated heterocycles. The SMILES string of the molecule is C[C@H]1CCCN1Cc1nc2cc(NC(=O)c3ccc(-c4cnn(CCCC5CCN(c6cccc7c6C(=O)N(C6CCC(=O)NC6=O)C7=O)CC5)c4)cc3)ccc2o1. The molecule has 14 nitrogen and oxygen atoms in total. The standard InChI is InChI=1S/C44H46N8O6/c1-27-5-3-19-50(27)26-39-47-34-23-32(13-15-37(34)58-39)46-41(54)30-11-9-29(10-12-30)31-24-45-51(25-31)20-4-6-28-17-21-49(22-18-28)35-8-2-7-33-40(35)44(57)52(43(33)56)36-14-16-38(53)48-42(36)55/h2,7-13,15,23-25,27-28,36H,3-6,14,16-22,26H2,1H3,(H,46,54)(H,48,53,55)/t27-,36?/m0/s1. The van der Waals surface area contributed by atoms with Gasteiger partial charge in [0.1, 0.15) is 11.6 Å². The number of hydrogen-bond acceptors (Lipinski definition) is 10. The molecule has 2 aromatic heterocycles. The van der Waals surface area contributed by atoms with Crippen molar-refractivity contribution in [3.8, 4) is 11.1 Å². The van der Waals surface area contributed by atoms with Crippen LogP contribution in [0.4, 0.5) is 11.4 Å². The summed E-state index contributed by atoms with van der Waals surface area (Å²) in [5, 5.41) is 9.85. The second-order valence-electron chi connectivity index (χ2n) is 16.0. The number of oxazole rings is 1. The van der Waals surface area contributed by atoms with Crippen LogP contribution in [0.3, 0.4) is 0 Å². The van der Waals surface area contributed by atoms with Gasteiger partial charge >= 0.3 is 0 Å². The molecule has 6 heterocycles. The molecule has 3 aromatic carbocycles. The molecular weight excluding hydrogens is 737 g/mol. The third kappa shape index (κ3) is 7.39. The third-order valence-corrected chi connectivity index (χ3v) is 12.2. The second-order valence-corrected chi connectivity index (χ2v) is 16.0. The molecule has 9 rings (SSSR count). The molecule has 0 spiro atoms. The molecular formula is C44H46N8O6. The predicted molar refractivity (Wildman–Crippen MR) is 216 cm³/mol. The zero-order chi connectivity index (χ0) is 39.9. The molecule has 4 aliphatic heterocycles. The topological polar surface area (TPSA) is 163 Å². The maximum absolute atomic E-state index is 13.6. The number of nitrogens with zero attached hydrogens (tertiary/aromatic N) is 6. The Kier molecular flexibility index (Phi) is 10.1. The fourth-order valence-electron chi connectivity index (χ4n) is 8.94. The van der Waals surface area contributed by atoms with Crippen molar-refractivity contribution in [3.05, 3.63) is 95.6 Å². The lowest BCUT2D eigenvalue weighted by molar-refractivity contribution is -0.136. The molecule has 4 aliphatic rings. The van der Waals surface area contributed by atoms with E-state index in [4.69, 9.17) is 4.42 Å². The van der Waals surface area contributed by atoms with Gasteiger partial charge < -0.3 is 14.6 Å². The molecule has 5 aromatic rings. The van der Waals surface area contributed by atoms with E-state index in [9.17, 15) is 24.0 Å². The van der Waals surface area contributed by atoms with Crippen molar-refractivity contribution in [2.24, 2.45) is 5.92 Å². The normalized spacial score (nSPS) is 20.3. The van der Waals surface area contributed by atoms with E-state index >= 15 is 0 Å². The lowest BCUT2D eigenvalue weighted by Gasteiger charge is -2.34. The Balaban J connectivity index is 0.746. The van der Waals surface area contributed by atoms with E-state index in [2.05, 4.69) is 37.4 Å². The van der Waals surface area contributed by atoms with Gasteiger partial charge in [0.05, 0.1) is 29.6 Å². The molecule has 0 saturated carbocycles. The van der Waals surface area contributed by atoms with Gasteiger partial charge in [-0.3, -0.25) is 43.8 Å². The highest BCUT2D eigenvalue weighted by Crippen LogP contribution is 2.36. The molecule has 298 valence electrons. The number of aromatic nitrogens is 3. The fourth-order valence-corrected chi connectivity index (χ4v) is 8.94. The number of piperidine rings is 2. The van der Waals surface area contributed by atoms with Gasteiger partial charge in [0, 0.05) is 55.1 Å². The lowest BCUT2D eigenvalue weighted by Crippen LogP contribution is -2.54. The maximum Gasteiger partial charge on any atom is 0.264 e. The molecule has 2 atom stereocenters. The number of imide groups is 2. The maximum atomic E-state index is 13.6. The number of rotatable bonds is 11. The number of carbonyl (C=O) groups is 5. The molecule has 5 amide bonds. The van der Waals surface area contributed by atoms with Gasteiger partial charge in [0.2, 0.25) is 17.7 Å². The lowest BCUT2D eigenvalue weighted by atomic mass is 9.91. The Hall–Kier alpha value is -6.15. The van der Waals surface area contributed by atoms with Crippen LogP contribution < -0.4 is 15.5 Å². The molecule has 0 aliphatic carbocycles. The quantitative estimate of drug-likeness (QED) is 0.152. The monoisotopic (exact) mass is 782 g/mol. The molecule has 2 N–H and O–H groups in total. The Morgan fingerprint density at radius 1 is 0.931 bits per heavy atom. The molecule has 3 fully saturated rings. The highest BCUT2D eigenvalue weighted by Gasteiger charge is 2.46. The van der Waals surface area contributed by atoms with Crippen molar-refractivity contribution >= 4 is 52.0 Å². The first kappa shape index (κ1) is 37.4. The number of anilines is 2. The van der Waals surface area contributed by atoms with Gasteiger partial charge in [-0.2, -0.15) is 5.10 Å². The number of nitrogens with one attached hydrogen (secondary N) is 2. The van der Waals surface area contributed by atoms with E-state index in [1.807, 2.05) is 65.6 Å². The number of fused-ring (bicyclic) bond motifs is 2. The van der Waals surface area contributed by atoms with Crippen LogP contribution in [0, 0.1) is 5.92 Å². The van der Waals surface area contributed by atoms with Crippen LogP contribution in [-0.4, -0.2) is 85.8 Å². The van der Waals surface area contributed by atoms with Crippen molar-refractivity contribution in [3.63, 3.8) is 0 Å². The van der Waals surface area contributed by atoms with Gasteiger partial charge in [0.15, 0.2) is 5.58 Å². The summed E-state index contributed by atoms with van der Waals surface area (Å²) in [6.07, 6.45) is 10.4. The first-order valence-corrected chi connectivity index (χ1v) is 20.4. The molecule has 1 unspecified atom stereocenters. The Bertz CT molecular complexity index is 2410. The van der Waals surface area contributed by atoms with E-state index in [1.54, 1.807) is 12.1 Å². The van der Waals surface area contributed by atoms with Gasteiger partial charge in [0.25, 0.3) is 17.7 Å². The first-order valence-electron chi connectivity index (χ1n) is 20.4. The number of amides is 5. The average molecular weight is 783 g/mol. The summed E-state index contributed by atoms with van der Waals surface area (Å²) in [5.74, 6) is -0.932. The summed E-state index contributed by atoms with van der Waals surface area (Å²) < 4.78 is 7.94. The van der Waals surface area contributed by atoms with Gasteiger partial charge in [-0.15, -0.1) is 0 Å². The predicted octanol–water partition coefficient (Wildman–Crippen LogP) is 6.03. The minimum atomic E-state index is -0.981. The highest BCUT2D eigenvalue weighted by molar-refractivity contribution is 6.25. The second kappa shape index (κ2) is 15.7. The van der Waals surface area contributed by atoms with Crippen molar-refractivity contribution < 1.29 is 28.4 Å². The van der Waals surface area contributed by atoms with E-state index in [-0.39, 0.29) is 18.7 Å². The summed E-state index contributed by atoms with van der Waals surface area (Å²) in [7, 11) is 0. The van der Waals surface area contributed by atoms with Crippen molar-refractivity contribution in [1.29, 1.82) is 0 Å². The van der Waals surface area contributed by atoms with Crippen molar-refractivity contribution in [1.82, 2.24) is 29.9 Å². The summed E-state index contributed by atoms with van der Waals surface area (Å²) >= 11 is 0. The highest BCUT2D eigenvalue weighted by atomic mass is 16.3. The van der Waals surface area contributed by atoms with E-state index < -0.39 is 29.7 Å². The van der Waals surface area contributed by atoms with Crippen LogP contribution in [0.25, 0.3) is 22.2 Å². The minimum Gasteiger partial charge on any atom is -0.439 e. The van der Waals surface area contributed by atoms with Crippen molar-refractivity contribution in [2.45, 2.75) is 83.5 Å². The third-order valence-electron chi connectivity index (χ3n) is 12.2.